The topological polar surface area (TPSA) is 40.8 Å². The van der Waals surface area contributed by atoms with E-state index in [1.165, 1.54) is 36.1 Å². The number of rotatable bonds is 6. The van der Waals surface area contributed by atoms with Gasteiger partial charge in [0, 0.05) is 43.4 Å². The highest BCUT2D eigenvalue weighted by molar-refractivity contribution is 6.07. The molecule has 0 unspecified atom stereocenters. The van der Waals surface area contributed by atoms with Crippen LogP contribution in [0.25, 0.3) is 11.3 Å². The van der Waals surface area contributed by atoms with E-state index in [1.807, 2.05) is 12.1 Å². The Balaban J connectivity index is 1.18. The van der Waals surface area contributed by atoms with Gasteiger partial charge in [0.25, 0.3) is 0 Å². The number of benzene rings is 2. The van der Waals surface area contributed by atoms with Gasteiger partial charge in [0.1, 0.15) is 5.76 Å². The summed E-state index contributed by atoms with van der Waals surface area (Å²) in [5, 5.41) is 3.23. The van der Waals surface area contributed by atoms with Crippen molar-refractivity contribution in [2.75, 3.05) is 29.9 Å². The molecule has 3 aliphatic rings. The third kappa shape index (κ3) is 3.75. The van der Waals surface area contributed by atoms with Gasteiger partial charge in [0.15, 0.2) is 5.88 Å². The normalized spacial score (nSPS) is 17.7. The number of hydrogen-bond acceptors (Lipinski definition) is 4. The van der Waals surface area contributed by atoms with Crippen LogP contribution >= 0.6 is 0 Å². The van der Waals surface area contributed by atoms with Crippen LogP contribution in [0.4, 0.5) is 17.3 Å². The summed E-state index contributed by atoms with van der Waals surface area (Å²) >= 11 is 0. The Bertz CT molecular complexity index is 1210. The number of aliphatic imine (C=N–C) groups is 1. The predicted molar refractivity (Wildman–Crippen MR) is 132 cm³/mol. The minimum absolute atomic E-state index is 0.809. The van der Waals surface area contributed by atoms with Crippen molar-refractivity contribution in [3.05, 3.63) is 77.4 Å². The second-order valence-electron chi connectivity index (χ2n) is 9.07. The van der Waals surface area contributed by atoms with E-state index in [2.05, 4.69) is 65.7 Å². The van der Waals surface area contributed by atoms with Gasteiger partial charge in [-0.2, -0.15) is 0 Å². The predicted octanol–water partition coefficient (Wildman–Crippen LogP) is 6.60. The third-order valence-electron chi connectivity index (χ3n) is 6.94. The van der Waals surface area contributed by atoms with Gasteiger partial charge in [0.05, 0.1) is 11.4 Å². The Labute approximate surface area is 189 Å². The number of nitrogens with one attached hydrogen (secondary N) is 1. The molecule has 0 bridgehead atoms. The average molecular weight is 424 g/mol. The van der Waals surface area contributed by atoms with Crippen molar-refractivity contribution in [3.63, 3.8) is 0 Å². The van der Waals surface area contributed by atoms with Crippen molar-refractivity contribution in [2.45, 2.75) is 32.6 Å². The number of nitrogens with zero attached hydrogens (tertiary/aromatic N) is 2. The van der Waals surface area contributed by atoms with Crippen molar-refractivity contribution >= 4 is 23.0 Å². The van der Waals surface area contributed by atoms with E-state index in [1.54, 1.807) is 5.57 Å². The van der Waals surface area contributed by atoms with Gasteiger partial charge in [0.2, 0.25) is 0 Å². The summed E-state index contributed by atoms with van der Waals surface area (Å²) in [6.45, 7) is 5.24. The van der Waals surface area contributed by atoms with E-state index >= 15 is 0 Å². The zero-order chi connectivity index (χ0) is 21.5. The summed E-state index contributed by atoms with van der Waals surface area (Å²) in [5.74, 6) is 2.53. The Kier molecular flexibility index (Phi) is 4.86. The highest BCUT2D eigenvalue weighted by atomic mass is 16.4. The molecule has 1 aromatic heterocycles. The van der Waals surface area contributed by atoms with Crippen LogP contribution in [0.1, 0.15) is 37.3 Å². The molecule has 1 saturated heterocycles. The smallest absolute Gasteiger partial charge is 0.193 e. The molecule has 2 aliphatic heterocycles. The number of fused-ring (bicyclic) bond motifs is 1. The molecule has 1 aliphatic carbocycles. The lowest BCUT2D eigenvalue weighted by Crippen LogP contribution is -2.33. The zero-order valence-electron chi connectivity index (χ0n) is 18.6. The molecule has 32 heavy (non-hydrogen) atoms. The van der Waals surface area contributed by atoms with Crippen LogP contribution in [0.15, 0.2) is 75.7 Å². The molecule has 1 N–H and O–H groups in total. The van der Waals surface area contributed by atoms with Crippen LogP contribution in [0.3, 0.4) is 0 Å². The van der Waals surface area contributed by atoms with Crippen LogP contribution in [-0.2, 0) is 6.42 Å². The van der Waals surface area contributed by atoms with Crippen molar-refractivity contribution in [1.82, 2.24) is 0 Å². The van der Waals surface area contributed by atoms with Crippen LogP contribution in [0.5, 0.6) is 0 Å². The van der Waals surface area contributed by atoms with Gasteiger partial charge in [-0.15, -0.1) is 0 Å². The van der Waals surface area contributed by atoms with Crippen molar-refractivity contribution in [3.8, 4) is 11.3 Å². The van der Waals surface area contributed by atoms with Gasteiger partial charge in [-0.25, -0.2) is 0 Å². The van der Waals surface area contributed by atoms with Gasteiger partial charge >= 0.3 is 0 Å². The van der Waals surface area contributed by atoms with Gasteiger partial charge < -0.3 is 14.6 Å². The summed E-state index contributed by atoms with van der Waals surface area (Å²) in [5.41, 5.74) is 8.88. The summed E-state index contributed by atoms with van der Waals surface area (Å²) in [7, 11) is 0. The molecular weight excluding hydrogens is 394 g/mol. The molecule has 3 aromatic rings. The maximum Gasteiger partial charge on any atom is 0.193 e. The molecule has 0 saturated carbocycles. The lowest BCUT2D eigenvalue weighted by atomic mass is 9.93. The number of furan rings is 1. The van der Waals surface area contributed by atoms with E-state index in [4.69, 9.17) is 9.41 Å². The van der Waals surface area contributed by atoms with Crippen molar-refractivity contribution in [2.24, 2.45) is 10.9 Å². The summed E-state index contributed by atoms with van der Waals surface area (Å²) in [6.07, 6.45) is 7.13. The molecule has 0 spiro atoms. The van der Waals surface area contributed by atoms with E-state index in [0.717, 1.165) is 60.6 Å². The number of anilines is 2. The number of hydrogen-bond donors (Lipinski definition) is 1. The molecule has 1 fully saturated rings. The fourth-order valence-electron chi connectivity index (χ4n) is 5.07. The van der Waals surface area contributed by atoms with Crippen LogP contribution < -0.4 is 10.2 Å². The minimum atomic E-state index is 0.809. The van der Waals surface area contributed by atoms with E-state index in [9.17, 15) is 0 Å². The van der Waals surface area contributed by atoms with Crippen LogP contribution in [-0.4, -0.2) is 25.3 Å². The number of allylic oxidation sites excluding steroid dienone is 2. The first-order chi connectivity index (χ1) is 15.8. The Morgan fingerprint density at radius 3 is 2.69 bits per heavy atom. The molecule has 2 aromatic carbocycles. The average Bonchev–Trinajstić information content (AvgIpc) is 3.42. The van der Waals surface area contributed by atoms with E-state index < -0.39 is 0 Å². The van der Waals surface area contributed by atoms with E-state index in [-0.39, 0.29) is 0 Å². The Morgan fingerprint density at radius 2 is 1.88 bits per heavy atom. The molecule has 3 heterocycles. The molecule has 6 rings (SSSR count). The largest absolute Gasteiger partial charge is 0.441 e. The molecule has 0 radical (unpaired) electrons. The number of piperidine rings is 1. The monoisotopic (exact) mass is 423 g/mol. The molecular formula is C28H29N3O. The Hall–Kier alpha value is -3.27. The highest BCUT2D eigenvalue weighted by Gasteiger charge is 2.26. The summed E-state index contributed by atoms with van der Waals surface area (Å²) in [4.78, 5) is 7.52. The van der Waals surface area contributed by atoms with Crippen molar-refractivity contribution < 1.29 is 4.42 Å². The van der Waals surface area contributed by atoms with Crippen molar-refractivity contribution in [1.29, 1.82) is 0 Å². The van der Waals surface area contributed by atoms with Crippen LogP contribution in [0, 0.1) is 5.92 Å². The first kappa shape index (κ1) is 19.4. The summed E-state index contributed by atoms with van der Waals surface area (Å²) < 4.78 is 5.94. The van der Waals surface area contributed by atoms with Gasteiger partial charge in [-0.1, -0.05) is 29.8 Å². The zero-order valence-corrected chi connectivity index (χ0v) is 18.6. The first-order valence-corrected chi connectivity index (χ1v) is 11.9. The molecule has 4 heteroatoms. The maximum atomic E-state index is 5.94. The third-order valence-corrected chi connectivity index (χ3v) is 6.94. The second-order valence-corrected chi connectivity index (χ2v) is 9.07. The lowest BCUT2D eigenvalue weighted by Gasteiger charge is -2.33. The SMILES string of the molecule is CCNc1ccc(-c2cccc(C3=Nc4ccc(N5CCC(C6=CC6)CC5)cc4C3)c2)o1. The second kappa shape index (κ2) is 8.01. The molecule has 162 valence electrons. The highest BCUT2D eigenvalue weighted by Crippen LogP contribution is 2.38. The Morgan fingerprint density at radius 1 is 1.03 bits per heavy atom. The van der Waals surface area contributed by atoms with Gasteiger partial charge in [-0.3, -0.25) is 4.99 Å². The maximum absolute atomic E-state index is 5.94. The lowest BCUT2D eigenvalue weighted by molar-refractivity contribution is 0.466. The first-order valence-electron chi connectivity index (χ1n) is 11.9. The molecule has 0 atom stereocenters. The standard InChI is InChI=1S/C28H29N3O/c1-2-29-28-11-10-27(32-28)22-5-3-4-21(16-22)26-18-23-17-24(8-9-25(23)30-26)31-14-12-20(13-15-31)19-6-7-19/h3-6,8-11,16-17,20,29H,2,7,12-15,18H2,1H3. The minimum Gasteiger partial charge on any atom is -0.441 e. The quantitative estimate of drug-likeness (QED) is 0.454. The summed E-state index contributed by atoms with van der Waals surface area (Å²) in [6, 6.07) is 19.4. The molecule has 0 amide bonds. The molecule has 4 nitrogen and oxygen atoms in total. The van der Waals surface area contributed by atoms with Crippen LogP contribution in [0.2, 0.25) is 0 Å². The van der Waals surface area contributed by atoms with Gasteiger partial charge in [-0.05, 0) is 73.6 Å². The van der Waals surface area contributed by atoms with E-state index in [0.29, 0.717) is 0 Å². The fraction of sp³-hybridized carbons (Fsp3) is 0.321. The fourth-order valence-corrected chi connectivity index (χ4v) is 5.07.